The van der Waals surface area contributed by atoms with Crippen LogP contribution < -0.4 is 9.80 Å². The zero-order chi connectivity index (χ0) is 12.7. The van der Waals surface area contributed by atoms with Gasteiger partial charge in [0, 0.05) is 33.3 Å². The minimum atomic E-state index is 1.06. The molecule has 1 aromatic carbocycles. The van der Waals surface area contributed by atoms with Crippen LogP contribution in [0.2, 0.25) is 0 Å². The van der Waals surface area contributed by atoms with Crippen molar-refractivity contribution in [2.75, 3.05) is 37.5 Å². The van der Waals surface area contributed by atoms with Crippen LogP contribution in [0, 0.1) is 0 Å². The van der Waals surface area contributed by atoms with E-state index in [0.717, 1.165) is 24.5 Å². The fourth-order valence-electron chi connectivity index (χ4n) is 2.55. The molecule has 1 aromatic heterocycles. The Morgan fingerprint density at radius 3 is 2.56 bits per heavy atom. The van der Waals surface area contributed by atoms with E-state index in [1.807, 2.05) is 22.9 Å². The van der Waals surface area contributed by atoms with Crippen LogP contribution in [-0.2, 0) is 6.42 Å². The van der Waals surface area contributed by atoms with Gasteiger partial charge in [0.25, 0.3) is 0 Å². The molecule has 2 heterocycles. The lowest BCUT2D eigenvalue weighted by Crippen LogP contribution is -2.18. The lowest BCUT2D eigenvalue weighted by atomic mass is 10.2. The van der Waals surface area contributed by atoms with E-state index in [-0.39, 0.29) is 0 Å². The molecular formula is C14H18N4. The molecule has 0 amide bonds. The molecule has 0 saturated carbocycles. The summed E-state index contributed by atoms with van der Waals surface area (Å²) in [5.41, 5.74) is 2.47. The Morgan fingerprint density at radius 2 is 1.89 bits per heavy atom. The highest BCUT2D eigenvalue weighted by molar-refractivity contribution is 5.66. The Hall–Kier alpha value is -1.97. The third kappa shape index (κ3) is 1.56. The molecule has 0 aliphatic carbocycles. The minimum absolute atomic E-state index is 1.06. The summed E-state index contributed by atoms with van der Waals surface area (Å²) in [5.74, 6) is 2.31. The molecule has 0 atom stereocenters. The third-order valence-corrected chi connectivity index (χ3v) is 3.42. The second-order valence-corrected chi connectivity index (χ2v) is 4.94. The van der Waals surface area contributed by atoms with Crippen LogP contribution in [0.4, 0.5) is 11.6 Å². The molecule has 0 unspecified atom stereocenters. The number of benzene rings is 1. The van der Waals surface area contributed by atoms with E-state index in [4.69, 9.17) is 5.10 Å². The molecule has 0 saturated heterocycles. The number of nitrogens with zero attached hydrogens (tertiary/aromatic N) is 4. The number of hydrogen-bond acceptors (Lipinski definition) is 3. The van der Waals surface area contributed by atoms with Gasteiger partial charge in [-0.25, -0.2) is 4.68 Å². The molecule has 4 nitrogen and oxygen atoms in total. The van der Waals surface area contributed by atoms with Crippen LogP contribution in [0.25, 0.3) is 5.69 Å². The summed E-state index contributed by atoms with van der Waals surface area (Å²) in [6, 6.07) is 10.3. The van der Waals surface area contributed by atoms with E-state index >= 15 is 0 Å². The molecule has 0 bridgehead atoms. The number of para-hydroxylation sites is 1. The van der Waals surface area contributed by atoms with Gasteiger partial charge in [-0.15, -0.1) is 5.10 Å². The topological polar surface area (TPSA) is 24.3 Å². The molecule has 0 radical (unpaired) electrons. The fourth-order valence-corrected chi connectivity index (χ4v) is 2.55. The number of aromatic nitrogens is 2. The van der Waals surface area contributed by atoms with Crippen molar-refractivity contribution in [1.29, 1.82) is 0 Å². The maximum absolute atomic E-state index is 4.76. The van der Waals surface area contributed by atoms with Gasteiger partial charge in [0.15, 0.2) is 5.82 Å². The quantitative estimate of drug-likeness (QED) is 0.804. The van der Waals surface area contributed by atoms with Crippen molar-refractivity contribution in [3.8, 4) is 5.69 Å². The highest BCUT2D eigenvalue weighted by atomic mass is 15.4. The van der Waals surface area contributed by atoms with Gasteiger partial charge in [0.1, 0.15) is 5.82 Å². The Morgan fingerprint density at radius 1 is 1.17 bits per heavy atom. The summed E-state index contributed by atoms with van der Waals surface area (Å²) < 4.78 is 2.04. The predicted molar refractivity (Wildman–Crippen MR) is 74.9 cm³/mol. The largest absolute Gasteiger partial charge is 0.362 e. The summed E-state index contributed by atoms with van der Waals surface area (Å²) in [6.07, 6.45) is 1.08. The second-order valence-electron chi connectivity index (χ2n) is 4.94. The fraction of sp³-hybridized carbons (Fsp3) is 0.357. The summed E-state index contributed by atoms with van der Waals surface area (Å²) in [6.45, 7) is 1.06. The molecule has 1 aliphatic rings. The average molecular weight is 242 g/mol. The van der Waals surface area contributed by atoms with E-state index in [1.165, 1.54) is 11.4 Å². The first-order valence-corrected chi connectivity index (χ1v) is 6.24. The molecular weight excluding hydrogens is 224 g/mol. The maximum Gasteiger partial charge on any atom is 0.156 e. The summed E-state index contributed by atoms with van der Waals surface area (Å²) >= 11 is 0. The number of anilines is 2. The van der Waals surface area contributed by atoms with E-state index in [9.17, 15) is 0 Å². The Kier molecular flexibility index (Phi) is 2.51. The number of rotatable bonds is 2. The number of likely N-dealkylation sites (N-methyl/N-ethyl adjacent to an activating group) is 1. The van der Waals surface area contributed by atoms with E-state index < -0.39 is 0 Å². The monoisotopic (exact) mass is 242 g/mol. The van der Waals surface area contributed by atoms with E-state index in [1.54, 1.807) is 0 Å². The third-order valence-electron chi connectivity index (χ3n) is 3.42. The maximum atomic E-state index is 4.76. The average Bonchev–Trinajstić information content (AvgIpc) is 2.91. The minimum Gasteiger partial charge on any atom is -0.362 e. The van der Waals surface area contributed by atoms with Crippen LogP contribution >= 0.6 is 0 Å². The van der Waals surface area contributed by atoms with Crippen molar-refractivity contribution < 1.29 is 0 Å². The van der Waals surface area contributed by atoms with Gasteiger partial charge in [-0.2, -0.15) is 0 Å². The van der Waals surface area contributed by atoms with Gasteiger partial charge >= 0.3 is 0 Å². The van der Waals surface area contributed by atoms with Crippen molar-refractivity contribution in [2.24, 2.45) is 0 Å². The molecule has 18 heavy (non-hydrogen) atoms. The first kappa shape index (κ1) is 11.1. The second kappa shape index (κ2) is 4.05. The first-order chi connectivity index (χ1) is 8.68. The molecule has 1 aliphatic heterocycles. The van der Waals surface area contributed by atoms with Gasteiger partial charge in [-0.1, -0.05) is 18.2 Å². The Labute approximate surface area is 107 Å². The molecule has 2 aromatic rings. The van der Waals surface area contributed by atoms with Crippen molar-refractivity contribution in [1.82, 2.24) is 9.78 Å². The zero-order valence-electron chi connectivity index (χ0n) is 11.1. The first-order valence-electron chi connectivity index (χ1n) is 6.24. The van der Waals surface area contributed by atoms with Crippen molar-refractivity contribution in [3.63, 3.8) is 0 Å². The van der Waals surface area contributed by atoms with Crippen LogP contribution in [0.15, 0.2) is 30.3 Å². The highest BCUT2D eigenvalue weighted by Gasteiger charge is 2.27. The summed E-state index contributed by atoms with van der Waals surface area (Å²) in [4.78, 5) is 4.37. The van der Waals surface area contributed by atoms with Gasteiger partial charge in [-0.3, -0.25) is 0 Å². The standard InChI is InChI=1S/C14H18N4/c1-16(2)14-12-9-10-17(3)13(12)15-18(14)11-7-5-4-6-8-11/h4-8H,9-10H2,1-3H3. The number of fused-ring (bicyclic) bond motifs is 1. The molecule has 0 fully saturated rings. The SMILES string of the molecule is CN(C)c1c2c(nn1-c1ccccc1)N(C)CC2. The Balaban J connectivity index is 2.19. The molecule has 3 rings (SSSR count). The molecule has 94 valence electrons. The van der Waals surface area contributed by atoms with Crippen molar-refractivity contribution in [2.45, 2.75) is 6.42 Å². The normalized spacial score (nSPS) is 13.8. The highest BCUT2D eigenvalue weighted by Crippen LogP contribution is 2.35. The van der Waals surface area contributed by atoms with E-state index in [2.05, 4.69) is 43.1 Å². The van der Waals surface area contributed by atoms with Gasteiger partial charge < -0.3 is 9.80 Å². The van der Waals surface area contributed by atoms with Crippen LogP contribution in [0.3, 0.4) is 0 Å². The number of hydrogen-bond donors (Lipinski definition) is 0. The van der Waals surface area contributed by atoms with Gasteiger partial charge in [0.05, 0.1) is 5.69 Å². The lowest BCUT2D eigenvalue weighted by Gasteiger charge is -2.16. The lowest BCUT2D eigenvalue weighted by molar-refractivity contribution is 0.816. The van der Waals surface area contributed by atoms with Gasteiger partial charge in [0.2, 0.25) is 0 Å². The van der Waals surface area contributed by atoms with E-state index in [0.29, 0.717) is 0 Å². The van der Waals surface area contributed by atoms with Crippen LogP contribution in [-0.4, -0.2) is 37.5 Å². The Bertz CT molecular complexity index is 557. The zero-order valence-corrected chi connectivity index (χ0v) is 11.1. The van der Waals surface area contributed by atoms with Crippen LogP contribution in [0.5, 0.6) is 0 Å². The van der Waals surface area contributed by atoms with Gasteiger partial charge in [-0.05, 0) is 18.6 Å². The summed E-state index contributed by atoms with van der Waals surface area (Å²) in [5, 5.41) is 4.76. The molecule has 4 heteroatoms. The summed E-state index contributed by atoms with van der Waals surface area (Å²) in [7, 11) is 6.26. The van der Waals surface area contributed by atoms with Crippen molar-refractivity contribution >= 4 is 11.6 Å². The van der Waals surface area contributed by atoms with Crippen LogP contribution in [0.1, 0.15) is 5.56 Å². The van der Waals surface area contributed by atoms with Crippen molar-refractivity contribution in [3.05, 3.63) is 35.9 Å². The predicted octanol–water partition coefficient (Wildman–Crippen LogP) is 1.93. The molecule has 0 spiro atoms. The smallest absolute Gasteiger partial charge is 0.156 e. The molecule has 0 N–H and O–H groups in total.